The van der Waals surface area contributed by atoms with Gasteiger partial charge < -0.3 is 0 Å². The van der Waals surface area contributed by atoms with Crippen LogP contribution in [0.2, 0.25) is 0 Å². The predicted octanol–water partition coefficient (Wildman–Crippen LogP) is 2.32. The third-order valence-electron chi connectivity index (χ3n) is 2.69. The quantitative estimate of drug-likeness (QED) is 0.668. The summed E-state index contributed by atoms with van der Waals surface area (Å²) in [5.41, 5.74) is 0.664. The van der Waals surface area contributed by atoms with Gasteiger partial charge in [-0.25, -0.2) is 0 Å². The summed E-state index contributed by atoms with van der Waals surface area (Å²) >= 11 is 5.86. The van der Waals surface area contributed by atoms with Crippen LogP contribution in [0, 0.1) is 5.92 Å². The summed E-state index contributed by atoms with van der Waals surface area (Å²) < 4.78 is 0. The van der Waals surface area contributed by atoms with Gasteiger partial charge in [0.1, 0.15) is 5.17 Å². The molecule has 1 aliphatic heterocycles. The first-order valence-corrected chi connectivity index (χ1v) is 5.11. The largest absolute Gasteiger partial charge is 0.294 e. The monoisotopic (exact) mass is 197 g/mol. The van der Waals surface area contributed by atoms with E-state index in [9.17, 15) is 4.79 Å². The number of aliphatic imine (C=N–C) groups is 1. The lowest BCUT2D eigenvalue weighted by Crippen LogP contribution is -2.26. The number of ketones is 1. The summed E-state index contributed by atoms with van der Waals surface area (Å²) in [5.74, 6) is 0.438. The van der Waals surface area contributed by atoms with Crippen LogP contribution in [0.4, 0.5) is 0 Å². The molecule has 0 aromatic carbocycles. The van der Waals surface area contributed by atoms with Crippen LogP contribution in [0.5, 0.6) is 0 Å². The van der Waals surface area contributed by atoms with Crippen LogP contribution >= 0.6 is 11.6 Å². The minimum absolute atomic E-state index is 0.208. The second kappa shape index (κ2) is 3.62. The molecule has 13 heavy (non-hydrogen) atoms. The van der Waals surface area contributed by atoms with Crippen molar-refractivity contribution in [3.63, 3.8) is 0 Å². The Balaban J connectivity index is 2.10. The summed E-state index contributed by atoms with van der Waals surface area (Å²) in [6.07, 6.45) is 6.01. The van der Waals surface area contributed by atoms with Crippen LogP contribution in [0.1, 0.15) is 25.7 Å². The molecule has 0 atom stereocenters. The highest BCUT2D eigenvalue weighted by atomic mass is 35.5. The molecule has 3 heteroatoms. The van der Waals surface area contributed by atoms with Gasteiger partial charge in [0.15, 0.2) is 5.78 Å². The average molecular weight is 198 g/mol. The van der Waals surface area contributed by atoms with Crippen molar-refractivity contribution < 1.29 is 4.79 Å². The summed E-state index contributed by atoms with van der Waals surface area (Å²) in [6, 6.07) is 0. The normalized spacial score (nSPS) is 23.2. The first-order valence-electron chi connectivity index (χ1n) is 4.74. The Morgan fingerprint density at radius 2 is 2.31 bits per heavy atom. The number of hydrogen-bond donors (Lipinski definition) is 0. The number of nitrogens with zero attached hydrogens (tertiary/aromatic N) is 1. The maximum absolute atomic E-state index is 11.8. The molecule has 1 saturated carbocycles. The topological polar surface area (TPSA) is 29.4 Å². The Hall–Kier alpha value is -0.630. The lowest BCUT2D eigenvalue weighted by Gasteiger charge is -2.25. The van der Waals surface area contributed by atoms with E-state index in [0.29, 0.717) is 10.7 Å². The molecule has 0 saturated heterocycles. The zero-order chi connectivity index (χ0) is 9.26. The molecular weight excluding hydrogens is 186 g/mol. The number of Topliss-reactive ketones (excluding diaryl/α,β-unsaturated/α-hetero) is 1. The molecule has 2 aliphatic rings. The molecule has 0 spiro atoms. The maximum atomic E-state index is 11.8. The third-order valence-corrected chi connectivity index (χ3v) is 3.01. The molecule has 70 valence electrons. The van der Waals surface area contributed by atoms with Crippen LogP contribution in [0.15, 0.2) is 16.6 Å². The van der Waals surface area contributed by atoms with Gasteiger partial charge in [-0.15, -0.1) is 0 Å². The molecule has 2 rings (SSSR count). The summed E-state index contributed by atoms with van der Waals surface area (Å²) in [4.78, 5) is 15.8. The lowest BCUT2D eigenvalue weighted by molar-refractivity contribution is -0.120. The number of halogens is 1. The third kappa shape index (κ3) is 1.68. The average Bonchev–Trinajstić information content (AvgIpc) is 2.01. The highest BCUT2D eigenvalue weighted by molar-refractivity contribution is 6.72. The number of hydrogen-bond acceptors (Lipinski definition) is 2. The fraction of sp³-hybridized carbons (Fsp3) is 0.600. The first kappa shape index (κ1) is 8.95. The van der Waals surface area contributed by atoms with Gasteiger partial charge in [-0.05, 0) is 19.3 Å². The first-order chi connectivity index (χ1) is 6.29. The molecule has 0 aromatic rings. The predicted molar refractivity (Wildman–Crippen MR) is 53.2 cm³/mol. The molecule has 1 fully saturated rings. The molecule has 0 unspecified atom stereocenters. The van der Waals surface area contributed by atoms with E-state index in [1.807, 2.05) is 6.08 Å². The zero-order valence-electron chi connectivity index (χ0n) is 7.42. The van der Waals surface area contributed by atoms with Crippen LogP contribution in [-0.2, 0) is 4.79 Å². The second-order valence-electron chi connectivity index (χ2n) is 3.57. The highest BCUT2D eigenvalue weighted by Crippen LogP contribution is 2.30. The minimum atomic E-state index is 0.208. The van der Waals surface area contributed by atoms with Gasteiger partial charge in [-0.3, -0.25) is 9.79 Å². The van der Waals surface area contributed by atoms with Crippen LogP contribution < -0.4 is 0 Å². The molecule has 0 N–H and O–H groups in total. The maximum Gasteiger partial charge on any atom is 0.168 e. The second-order valence-corrected chi connectivity index (χ2v) is 3.93. The summed E-state index contributed by atoms with van der Waals surface area (Å²) in [7, 11) is 0. The molecule has 1 aliphatic carbocycles. The lowest BCUT2D eigenvalue weighted by atomic mass is 9.79. The molecular formula is C10H12ClNO. The number of dihydropyridines is 1. The van der Waals surface area contributed by atoms with Gasteiger partial charge in [0.25, 0.3) is 0 Å². The van der Waals surface area contributed by atoms with E-state index in [1.54, 1.807) is 0 Å². The molecule has 0 aromatic heterocycles. The van der Waals surface area contributed by atoms with Crippen molar-refractivity contribution in [3.8, 4) is 0 Å². The molecule has 0 amide bonds. The van der Waals surface area contributed by atoms with Crippen LogP contribution in [0.3, 0.4) is 0 Å². The Morgan fingerprint density at radius 3 is 2.85 bits per heavy atom. The number of carbonyl (C=O) groups is 1. The number of rotatable bonds is 2. The van der Waals surface area contributed by atoms with Crippen molar-refractivity contribution >= 4 is 22.6 Å². The van der Waals surface area contributed by atoms with E-state index in [0.717, 1.165) is 25.8 Å². The van der Waals surface area contributed by atoms with Gasteiger partial charge in [0.05, 0.1) is 5.57 Å². The van der Waals surface area contributed by atoms with Crippen molar-refractivity contribution in [2.24, 2.45) is 10.9 Å². The molecule has 1 heterocycles. The van der Waals surface area contributed by atoms with E-state index < -0.39 is 0 Å². The summed E-state index contributed by atoms with van der Waals surface area (Å²) in [6.45, 7) is 0.722. The van der Waals surface area contributed by atoms with Crippen LogP contribution in [-0.4, -0.2) is 17.5 Å². The van der Waals surface area contributed by atoms with Gasteiger partial charge in [0.2, 0.25) is 0 Å². The Bertz CT molecular complexity index is 289. The fourth-order valence-electron chi connectivity index (χ4n) is 1.63. The summed E-state index contributed by atoms with van der Waals surface area (Å²) in [5, 5.41) is 0.420. The van der Waals surface area contributed by atoms with Crippen molar-refractivity contribution in [1.29, 1.82) is 0 Å². The van der Waals surface area contributed by atoms with Crippen molar-refractivity contribution in [1.82, 2.24) is 0 Å². The Morgan fingerprint density at radius 1 is 1.54 bits per heavy atom. The van der Waals surface area contributed by atoms with E-state index in [-0.39, 0.29) is 11.7 Å². The van der Waals surface area contributed by atoms with Gasteiger partial charge in [0, 0.05) is 12.5 Å². The standard InChI is InChI=1S/C10H12ClNO/c11-10-8(5-2-6-12-10)9(13)7-3-1-4-7/h5,7H,1-4,6H2. The Labute approximate surface area is 82.7 Å². The molecule has 0 bridgehead atoms. The minimum Gasteiger partial charge on any atom is -0.294 e. The van der Waals surface area contributed by atoms with Crippen molar-refractivity contribution in [3.05, 3.63) is 11.6 Å². The molecule has 2 nitrogen and oxygen atoms in total. The van der Waals surface area contributed by atoms with Gasteiger partial charge in [-0.2, -0.15) is 0 Å². The Kier molecular flexibility index (Phi) is 2.49. The van der Waals surface area contributed by atoms with Gasteiger partial charge in [-0.1, -0.05) is 24.1 Å². The van der Waals surface area contributed by atoms with Crippen molar-refractivity contribution in [2.75, 3.05) is 6.54 Å². The smallest absolute Gasteiger partial charge is 0.168 e. The van der Waals surface area contributed by atoms with E-state index in [4.69, 9.17) is 11.6 Å². The van der Waals surface area contributed by atoms with E-state index in [2.05, 4.69) is 4.99 Å². The van der Waals surface area contributed by atoms with E-state index >= 15 is 0 Å². The van der Waals surface area contributed by atoms with Crippen LogP contribution in [0.25, 0.3) is 0 Å². The number of allylic oxidation sites excluding steroid dienone is 1. The van der Waals surface area contributed by atoms with Gasteiger partial charge >= 0.3 is 0 Å². The SMILES string of the molecule is O=C(C1=CCCN=C1Cl)C1CCC1. The molecule has 0 radical (unpaired) electrons. The zero-order valence-corrected chi connectivity index (χ0v) is 8.18. The highest BCUT2D eigenvalue weighted by Gasteiger charge is 2.29. The number of carbonyl (C=O) groups excluding carboxylic acids is 1. The fourth-order valence-corrected chi connectivity index (χ4v) is 1.89. The van der Waals surface area contributed by atoms with Crippen molar-refractivity contribution in [2.45, 2.75) is 25.7 Å². The van der Waals surface area contributed by atoms with E-state index in [1.165, 1.54) is 6.42 Å².